The van der Waals surface area contributed by atoms with Crippen molar-refractivity contribution < 1.29 is 14.3 Å². The summed E-state index contributed by atoms with van der Waals surface area (Å²) in [4.78, 5) is 25.2. The number of carbonyl (C=O) groups is 2. The van der Waals surface area contributed by atoms with Crippen molar-refractivity contribution in [3.63, 3.8) is 0 Å². The lowest BCUT2D eigenvalue weighted by Crippen LogP contribution is -2.33. The molecule has 21 heavy (non-hydrogen) atoms. The van der Waals surface area contributed by atoms with Crippen LogP contribution in [0.2, 0.25) is 0 Å². The molecule has 1 aliphatic carbocycles. The normalized spacial score (nSPS) is 20.2. The largest absolute Gasteiger partial charge is 0.493 e. The molecular weight excluding hydrogens is 266 g/mol. The van der Waals surface area contributed by atoms with Gasteiger partial charge in [-0.2, -0.15) is 0 Å². The molecule has 0 aromatic heterocycles. The van der Waals surface area contributed by atoms with Crippen LogP contribution < -0.4 is 4.74 Å². The fraction of sp³-hybridized carbons (Fsp3) is 0.412. The van der Waals surface area contributed by atoms with Crippen molar-refractivity contribution in [3.05, 3.63) is 41.5 Å². The second-order valence-corrected chi connectivity index (χ2v) is 5.47. The zero-order valence-corrected chi connectivity index (χ0v) is 12.2. The molecule has 1 aromatic rings. The van der Waals surface area contributed by atoms with Crippen LogP contribution in [0, 0.1) is 0 Å². The minimum Gasteiger partial charge on any atom is -0.493 e. The molecule has 1 heterocycles. The monoisotopic (exact) mass is 285 g/mol. The first-order valence-corrected chi connectivity index (χ1v) is 7.52. The molecule has 2 amide bonds. The molecule has 1 aliphatic heterocycles. The Morgan fingerprint density at radius 2 is 2.00 bits per heavy atom. The smallest absolute Gasteiger partial charge is 0.254 e. The maximum atomic E-state index is 11.9. The van der Waals surface area contributed by atoms with Crippen molar-refractivity contribution >= 4 is 11.8 Å². The lowest BCUT2D eigenvalue weighted by Gasteiger charge is -2.24. The van der Waals surface area contributed by atoms with E-state index >= 15 is 0 Å². The summed E-state index contributed by atoms with van der Waals surface area (Å²) in [6.07, 6.45) is 6.43. The third-order valence-corrected chi connectivity index (χ3v) is 4.09. The van der Waals surface area contributed by atoms with Crippen molar-refractivity contribution in [2.75, 3.05) is 6.61 Å². The fourth-order valence-electron chi connectivity index (χ4n) is 3.05. The summed E-state index contributed by atoms with van der Waals surface area (Å²) < 4.78 is 5.88. The van der Waals surface area contributed by atoms with Crippen molar-refractivity contribution in [2.24, 2.45) is 0 Å². The number of fused-ring (bicyclic) bond motifs is 1. The molecule has 0 saturated carbocycles. The summed E-state index contributed by atoms with van der Waals surface area (Å²) in [7, 11) is 0. The lowest BCUT2D eigenvalue weighted by molar-refractivity contribution is -0.139. The number of hydrogen-bond donors (Lipinski definition) is 0. The average molecular weight is 285 g/mol. The van der Waals surface area contributed by atoms with Gasteiger partial charge in [-0.15, -0.1) is 0 Å². The SMILES string of the molecule is CCCCOc1cccc2c1[C@@H](N1C(=O)C=CC1=O)CC2. The maximum absolute atomic E-state index is 11.9. The van der Waals surface area contributed by atoms with Crippen molar-refractivity contribution in [3.8, 4) is 5.75 Å². The van der Waals surface area contributed by atoms with Gasteiger partial charge >= 0.3 is 0 Å². The lowest BCUT2D eigenvalue weighted by atomic mass is 10.1. The molecular formula is C17H19NO3. The van der Waals surface area contributed by atoms with Crippen LogP contribution in [-0.4, -0.2) is 23.3 Å². The van der Waals surface area contributed by atoms with E-state index in [4.69, 9.17) is 4.74 Å². The number of hydrogen-bond acceptors (Lipinski definition) is 3. The first-order valence-electron chi connectivity index (χ1n) is 7.52. The minimum absolute atomic E-state index is 0.187. The Labute approximate surface area is 124 Å². The summed E-state index contributed by atoms with van der Waals surface area (Å²) in [5.41, 5.74) is 2.19. The van der Waals surface area contributed by atoms with E-state index in [9.17, 15) is 9.59 Å². The van der Waals surface area contributed by atoms with Crippen LogP contribution in [0.25, 0.3) is 0 Å². The molecule has 0 unspecified atom stereocenters. The number of carbonyl (C=O) groups excluding carboxylic acids is 2. The van der Waals surface area contributed by atoms with Gasteiger partial charge in [0.15, 0.2) is 0 Å². The highest BCUT2D eigenvalue weighted by Crippen LogP contribution is 2.42. The van der Waals surface area contributed by atoms with Crippen molar-refractivity contribution in [2.45, 2.75) is 38.6 Å². The second-order valence-electron chi connectivity index (χ2n) is 5.47. The Morgan fingerprint density at radius 3 is 2.71 bits per heavy atom. The number of aryl methyl sites for hydroxylation is 1. The number of benzene rings is 1. The van der Waals surface area contributed by atoms with Gasteiger partial charge < -0.3 is 4.74 Å². The van der Waals surface area contributed by atoms with Gasteiger partial charge in [0, 0.05) is 17.7 Å². The van der Waals surface area contributed by atoms with E-state index in [1.807, 2.05) is 12.1 Å². The van der Waals surface area contributed by atoms with E-state index in [0.29, 0.717) is 6.61 Å². The summed E-state index contributed by atoms with van der Waals surface area (Å²) >= 11 is 0. The topological polar surface area (TPSA) is 46.6 Å². The van der Waals surface area contributed by atoms with Gasteiger partial charge in [0.1, 0.15) is 5.75 Å². The van der Waals surface area contributed by atoms with Crippen LogP contribution in [-0.2, 0) is 16.0 Å². The molecule has 0 fully saturated rings. The van der Waals surface area contributed by atoms with E-state index in [2.05, 4.69) is 13.0 Å². The Kier molecular flexibility index (Phi) is 3.78. The summed E-state index contributed by atoms with van der Waals surface area (Å²) in [5.74, 6) is 0.373. The quantitative estimate of drug-likeness (QED) is 0.617. The Bertz CT molecular complexity index is 588. The van der Waals surface area contributed by atoms with Crippen LogP contribution >= 0.6 is 0 Å². The predicted octanol–water partition coefficient (Wildman–Crippen LogP) is 2.78. The minimum atomic E-state index is -0.221. The number of nitrogens with zero attached hydrogens (tertiary/aromatic N) is 1. The molecule has 110 valence electrons. The van der Waals surface area contributed by atoms with Gasteiger partial charge in [-0.3, -0.25) is 14.5 Å². The van der Waals surface area contributed by atoms with Gasteiger partial charge in [0.05, 0.1) is 12.6 Å². The van der Waals surface area contributed by atoms with Crippen LogP contribution in [0.4, 0.5) is 0 Å². The van der Waals surface area contributed by atoms with Crippen molar-refractivity contribution in [1.82, 2.24) is 4.90 Å². The molecule has 0 N–H and O–H groups in total. The van der Waals surface area contributed by atoms with E-state index in [1.165, 1.54) is 22.6 Å². The Balaban J connectivity index is 1.89. The molecule has 4 heteroatoms. The van der Waals surface area contributed by atoms with Crippen LogP contribution in [0.5, 0.6) is 5.75 Å². The van der Waals surface area contributed by atoms with Gasteiger partial charge in [0.2, 0.25) is 0 Å². The van der Waals surface area contributed by atoms with E-state index < -0.39 is 0 Å². The molecule has 4 nitrogen and oxygen atoms in total. The number of unbranched alkanes of at least 4 members (excludes halogenated alkanes) is 1. The van der Waals surface area contributed by atoms with Gasteiger partial charge in [-0.1, -0.05) is 25.5 Å². The average Bonchev–Trinajstić information content (AvgIpc) is 3.03. The van der Waals surface area contributed by atoms with Crippen LogP contribution in [0.1, 0.15) is 43.4 Å². The Morgan fingerprint density at radius 1 is 1.24 bits per heavy atom. The molecule has 1 atom stereocenters. The summed E-state index contributed by atoms with van der Waals surface area (Å²) in [6, 6.07) is 5.79. The third-order valence-electron chi connectivity index (χ3n) is 4.09. The number of imide groups is 1. The standard InChI is InChI=1S/C17H19NO3/c1-2-3-11-21-14-6-4-5-12-7-8-13(17(12)14)18-15(19)9-10-16(18)20/h4-6,9-10,13H,2-3,7-8,11H2,1H3/t13-/m0/s1. The maximum Gasteiger partial charge on any atom is 0.254 e. The molecule has 0 spiro atoms. The number of ether oxygens (including phenoxy) is 1. The molecule has 3 rings (SSSR count). The van der Waals surface area contributed by atoms with E-state index in [1.54, 1.807) is 0 Å². The van der Waals surface area contributed by atoms with Crippen LogP contribution in [0.3, 0.4) is 0 Å². The summed E-state index contributed by atoms with van der Waals surface area (Å²) in [5, 5.41) is 0. The summed E-state index contributed by atoms with van der Waals surface area (Å²) in [6.45, 7) is 2.79. The molecule has 0 saturated heterocycles. The van der Waals surface area contributed by atoms with Gasteiger partial charge in [0.25, 0.3) is 11.8 Å². The third kappa shape index (κ3) is 2.46. The number of amides is 2. The highest BCUT2D eigenvalue weighted by Gasteiger charge is 2.37. The van der Waals surface area contributed by atoms with Gasteiger partial charge in [-0.25, -0.2) is 0 Å². The van der Waals surface area contributed by atoms with Crippen molar-refractivity contribution in [1.29, 1.82) is 0 Å². The first kappa shape index (κ1) is 13.9. The predicted molar refractivity (Wildman–Crippen MR) is 78.9 cm³/mol. The second kappa shape index (κ2) is 5.72. The highest BCUT2D eigenvalue weighted by molar-refractivity contribution is 6.13. The Hall–Kier alpha value is -2.10. The zero-order chi connectivity index (χ0) is 14.8. The molecule has 0 bridgehead atoms. The van der Waals surface area contributed by atoms with Crippen LogP contribution in [0.15, 0.2) is 30.4 Å². The van der Waals surface area contributed by atoms with Gasteiger partial charge in [-0.05, 0) is 30.9 Å². The number of rotatable bonds is 5. The van der Waals surface area contributed by atoms with E-state index in [-0.39, 0.29) is 17.9 Å². The zero-order valence-electron chi connectivity index (χ0n) is 12.2. The van der Waals surface area contributed by atoms with E-state index in [0.717, 1.165) is 37.0 Å². The highest BCUT2D eigenvalue weighted by atomic mass is 16.5. The molecule has 0 radical (unpaired) electrons. The molecule has 2 aliphatic rings. The fourth-order valence-corrected chi connectivity index (χ4v) is 3.05. The molecule has 1 aromatic carbocycles. The first-order chi connectivity index (χ1) is 10.2.